The number of nitrogens with one attached hydrogen (secondary N) is 1. The van der Waals surface area contributed by atoms with Crippen LogP contribution in [0, 0.1) is 0 Å². The van der Waals surface area contributed by atoms with E-state index in [0.29, 0.717) is 0 Å². The molecule has 2 nitrogen and oxygen atoms in total. The van der Waals surface area contributed by atoms with Crippen LogP contribution < -0.4 is 5.32 Å². The third-order valence-corrected chi connectivity index (χ3v) is 2.77. The van der Waals surface area contributed by atoms with E-state index in [0.717, 1.165) is 28.6 Å². The highest BCUT2D eigenvalue weighted by Crippen LogP contribution is 2.22. The zero-order valence-corrected chi connectivity index (χ0v) is 8.02. The van der Waals surface area contributed by atoms with Crippen LogP contribution in [0.4, 0.5) is 0 Å². The second-order valence-corrected chi connectivity index (χ2v) is 3.63. The van der Waals surface area contributed by atoms with Gasteiger partial charge in [-0.1, -0.05) is 22.0 Å². The Morgan fingerprint density at radius 2 is 2.25 bits per heavy atom. The second-order valence-electron chi connectivity index (χ2n) is 2.77. The quantitative estimate of drug-likeness (QED) is 0.717. The summed E-state index contributed by atoms with van der Waals surface area (Å²) in [5.41, 5.74) is 1.93. The molecule has 12 heavy (non-hydrogen) atoms. The van der Waals surface area contributed by atoms with Gasteiger partial charge in [0.2, 0.25) is 0 Å². The van der Waals surface area contributed by atoms with E-state index in [-0.39, 0.29) is 5.91 Å². The molecule has 2 rings (SSSR count). The topological polar surface area (TPSA) is 29.1 Å². The van der Waals surface area contributed by atoms with E-state index in [1.54, 1.807) is 0 Å². The van der Waals surface area contributed by atoms with E-state index in [4.69, 9.17) is 0 Å². The third-order valence-electron chi connectivity index (χ3n) is 2.02. The fourth-order valence-electron chi connectivity index (χ4n) is 1.42. The summed E-state index contributed by atoms with van der Waals surface area (Å²) in [6, 6.07) is 5.71. The molecule has 1 aliphatic rings. The fraction of sp³-hybridized carbons (Fsp3) is 0.222. The normalized spacial score (nSPS) is 15.2. The van der Waals surface area contributed by atoms with Crippen LogP contribution in [0.2, 0.25) is 0 Å². The van der Waals surface area contributed by atoms with Gasteiger partial charge in [-0.15, -0.1) is 0 Å². The van der Waals surface area contributed by atoms with Gasteiger partial charge in [-0.3, -0.25) is 4.79 Å². The molecule has 0 aromatic heterocycles. The minimum atomic E-state index is 0.0394. The Hall–Kier alpha value is -0.830. The second kappa shape index (κ2) is 2.90. The number of halogens is 1. The molecule has 0 atom stereocenters. The molecule has 1 amide bonds. The van der Waals surface area contributed by atoms with E-state index < -0.39 is 0 Å². The smallest absolute Gasteiger partial charge is 0.251 e. The lowest BCUT2D eigenvalue weighted by Gasteiger charge is -2.16. The van der Waals surface area contributed by atoms with Gasteiger partial charge in [0.05, 0.1) is 0 Å². The van der Waals surface area contributed by atoms with Crippen molar-refractivity contribution in [3.63, 3.8) is 0 Å². The summed E-state index contributed by atoms with van der Waals surface area (Å²) in [5.74, 6) is 0.0394. The minimum absolute atomic E-state index is 0.0394. The molecular weight excluding hydrogens is 218 g/mol. The molecule has 0 saturated carbocycles. The van der Waals surface area contributed by atoms with Crippen molar-refractivity contribution >= 4 is 21.8 Å². The highest BCUT2D eigenvalue weighted by Gasteiger charge is 2.17. The van der Waals surface area contributed by atoms with E-state index in [2.05, 4.69) is 21.2 Å². The van der Waals surface area contributed by atoms with Crippen LogP contribution >= 0.6 is 15.9 Å². The molecule has 0 spiro atoms. The Morgan fingerprint density at radius 3 is 3.00 bits per heavy atom. The predicted molar refractivity (Wildman–Crippen MR) is 50.2 cm³/mol. The number of hydrogen-bond donors (Lipinski definition) is 1. The molecule has 1 heterocycles. The van der Waals surface area contributed by atoms with E-state index in [9.17, 15) is 4.79 Å². The molecule has 0 aliphatic carbocycles. The van der Waals surface area contributed by atoms with Gasteiger partial charge in [0.25, 0.3) is 5.91 Å². The predicted octanol–water partition coefficient (Wildman–Crippen LogP) is 1.73. The summed E-state index contributed by atoms with van der Waals surface area (Å²) in [5, 5.41) is 2.81. The van der Waals surface area contributed by atoms with Crippen molar-refractivity contribution < 1.29 is 4.79 Å². The summed E-state index contributed by atoms with van der Waals surface area (Å²) >= 11 is 3.43. The lowest BCUT2D eigenvalue weighted by Crippen LogP contribution is -2.31. The van der Waals surface area contributed by atoms with Gasteiger partial charge in [-0.25, -0.2) is 0 Å². The number of carbonyl (C=O) groups is 1. The van der Waals surface area contributed by atoms with Gasteiger partial charge >= 0.3 is 0 Å². The first-order chi connectivity index (χ1) is 5.79. The lowest BCUT2D eigenvalue weighted by atomic mass is 10.0. The molecule has 0 radical (unpaired) electrons. The summed E-state index contributed by atoms with van der Waals surface area (Å²) in [4.78, 5) is 11.3. The Balaban J connectivity index is 2.59. The number of fused-ring (bicyclic) bond motifs is 1. The van der Waals surface area contributed by atoms with Gasteiger partial charge in [-0.2, -0.15) is 0 Å². The van der Waals surface area contributed by atoms with Crippen LogP contribution in [0.5, 0.6) is 0 Å². The van der Waals surface area contributed by atoms with Gasteiger partial charge in [0, 0.05) is 16.6 Å². The van der Waals surface area contributed by atoms with Crippen LogP contribution in [0.3, 0.4) is 0 Å². The first kappa shape index (κ1) is 7.80. The third kappa shape index (κ3) is 1.14. The molecule has 1 aliphatic heterocycles. The maximum atomic E-state index is 11.3. The fourth-order valence-corrected chi connectivity index (χ4v) is 1.99. The largest absolute Gasteiger partial charge is 0.352 e. The monoisotopic (exact) mass is 225 g/mol. The van der Waals surface area contributed by atoms with Crippen molar-refractivity contribution in [1.29, 1.82) is 0 Å². The van der Waals surface area contributed by atoms with Crippen LogP contribution in [-0.4, -0.2) is 12.5 Å². The van der Waals surface area contributed by atoms with Crippen LogP contribution in [0.25, 0.3) is 0 Å². The zero-order valence-electron chi connectivity index (χ0n) is 6.43. The Kier molecular flexibility index (Phi) is 1.89. The summed E-state index contributed by atoms with van der Waals surface area (Å²) in [6.45, 7) is 0.744. The number of benzene rings is 1. The Bertz CT molecular complexity index is 335. The Morgan fingerprint density at radius 1 is 1.42 bits per heavy atom. The molecule has 0 bridgehead atoms. The molecule has 0 saturated heterocycles. The average Bonchev–Trinajstić information content (AvgIpc) is 2.07. The summed E-state index contributed by atoms with van der Waals surface area (Å²) in [6.07, 6.45) is 0.919. The first-order valence-corrected chi connectivity index (χ1v) is 4.64. The van der Waals surface area contributed by atoms with Crippen molar-refractivity contribution in [2.75, 3.05) is 6.54 Å². The Labute approximate surface area is 79.1 Å². The van der Waals surface area contributed by atoms with Gasteiger partial charge < -0.3 is 5.32 Å². The number of amides is 1. The SMILES string of the molecule is O=C1NCCc2c(Br)cccc21. The molecular formula is C9H8BrNO. The molecule has 1 aromatic rings. The molecule has 1 aromatic carbocycles. The number of rotatable bonds is 0. The van der Waals surface area contributed by atoms with Crippen molar-refractivity contribution in [3.05, 3.63) is 33.8 Å². The zero-order chi connectivity index (χ0) is 8.55. The molecule has 3 heteroatoms. The van der Waals surface area contributed by atoms with Crippen LogP contribution in [0.15, 0.2) is 22.7 Å². The maximum absolute atomic E-state index is 11.3. The lowest BCUT2D eigenvalue weighted by molar-refractivity contribution is 0.0946. The molecule has 62 valence electrons. The summed E-state index contributed by atoms with van der Waals surface area (Å²) < 4.78 is 1.04. The maximum Gasteiger partial charge on any atom is 0.251 e. The first-order valence-electron chi connectivity index (χ1n) is 3.84. The molecule has 0 unspecified atom stereocenters. The van der Waals surface area contributed by atoms with E-state index >= 15 is 0 Å². The van der Waals surface area contributed by atoms with Crippen LogP contribution in [0.1, 0.15) is 15.9 Å². The molecule has 0 fully saturated rings. The number of hydrogen-bond acceptors (Lipinski definition) is 1. The van der Waals surface area contributed by atoms with Gasteiger partial charge in [-0.05, 0) is 24.1 Å². The standard InChI is InChI=1S/C9H8BrNO/c10-8-3-1-2-7-6(8)4-5-11-9(7)12/h1-3H,4-5H2,(H,11,12). The van der Waals surface area contributed by atoms with E-state index in [1.807, 2.05) is 18.2 Å². The highest BCUT2D eigenvalue weighted by molar-refractivity contribution is 9.10. The highest BCUT2D eigenvalue weighted by atomic mass is 79.9. The van der Waals surface area contributed by atoms with Crippen molar-refractivity contribution in [3.8, 4) is 0 Å². The van der Waals surface area contributed by atoms with Crippen molar-refractivity contribution in [2.45, 2.75) is 6.42 Å². The van der Waals surface area contributed by atoms with Gasteiger partial charge in [0.15, 0.2) is 0 Å². The van der Waals surface area contributed by atoms with Gasteiger partial charge in [0.1, 0.15) is 0 Å². The summed E-state index contributed by atoms with van der Waals surface area (Å²) in [7, 11) is 0. The van der Waals surface area contributed by atoms with E-state index in [1.165, 1.54) is 0 Å². The minimum Gasteiger partial charge on any atom is -0.352 e. The molecule has 1 N–H and O–H groups in total. The van der Waals surface area contributed by atoms with Crippen LogP contribution in [-0.2, 0) is 6.42 Å². The average molecular weight is 226 g/mol. The van der Waals surface area contributed by atoms with Crippen molar-refractivity contribution in [1.82, 2.24) is 5.32 Å². The number of carbonyl (C=O) groups excluding carboxylic acids is 1. The van der Waals surface area contributed by atoms with Crippen molar-refractivity contribution in [2.24, 2.45) is 0 Å².